The summed E-state index contributed by atoms with van der Waals surface area (Å²) in [5.41, 5.74) is 6.27. The molecule has 0 atom stereocenters. The number of hydrogen-bond donors (Lipinski definition) is 1. The van der Waals surface area contributed by atoms with E-state index in [0.29, 0.717) is 4.99 Å². The Bertz CT molecular complexity index is 262. The minimum atomic E-state index is 0.676. The van der Waals surface area contributed by atoms with Gasteiger partial charge in [-0.1, -0.05) is 31.5 Å². The Kier molecular flexibility index (Phi) is 5.43. The van der Waals surface area contributed by atoms with Crippen LogP contribution in [0.1, 0.15) is 64.2 Å². The lowest BCUT2D eigenvalue weighted by atomic mass is 9.68. The number of hydrogen-bond acceptors (Lipinski definition) is 2. The van der Waals surface area contributed by atoms with Crippen molar-refractivity contribution < 1.29 is 0 Å². The Morgan fingerprint density at radius 3 is 2.28 bits per heavy atom. The van der Waals surface area contributed by atoms with E-state index in [1.54, 1.807) is 0 Å². The molecule has 0 aromatic carbocycles. The van der Waals surface area contributed by atoms with Crippen LogP contribution >= 0.6 is 12.2 Å². The summed E-state index contributed by atoms with van der Waals surface area (Å²) >= 11 is 4.91. The predicted molar refractivity (Wildman–Crippen MR) is 81.8 cm³/mol. The smallest absolute Gasteiger partial charge is 0.0727 e. The van der Waals surface area contributed by atoms with Crippen molar-refractivity contribution in [2.24, 2.45) is 11.1 Å². The van der Waals surface area contributed by atoms with Gasteiger partial charge in [0.2, 0.25) is 0 Å². The van der Waals surface area contributed by atoms with Crippen LogP contribution in [0.3, 0.4) is 0 Å². The molecule has 2 rings (SSSR count). The normalized spacial score (nSPS) is 24.2. The summed E-state index contributed by atoms with van der Waals surface area (Å²) < 4.78 is 0. The highest BCUT2D eigenvalue weighted by Crippen LogP contribution is 2.44. The monoisotopic (exact) mass is 268 g/mol. The Hall–Kier alpha value is -0.150. The standard InChI is InChI=1S/C15H28N2S/c16-14(18)6-2-5-11-17-12-9-15(10-13-17)7-3-1-4-8-15/h1-13H2,(H2,16,18). The van der Waals surface area contributed by atoms with E-state index in [-0.39, 0.29) is 0 Å². The van der Waals surface area contributed by atoms with Gasteiger partial charge < -0.3 is 10.6 Å². The Morgan fingerprint density at radius 1 is 1.00 bits per heavy atom. The molecule has 104 valence electrons. The van der Waals surface area contributed by atoms with Gasteiger partial charge in [0.05, 0.1) is 4.99 Å². The highest BCUT2D eigenvalue weighted by molar-refractivity contribution is 7.80. The van der Waals surface area contributed by atoms with Gasteiger partial charge in [-0.05, 0) is 70.0 Å². The second-order valence-corrected chi connectivity index (χ2v) is 6.85. The van der Waals surface area contributed by atoms with Gasteiger partial charge >= 0.3 is 0 Å². The SMILES string of the molecule is NC(=S)CCCCN1CCC2(CCCCC2)CC1. The molecule has 1 saturated carbocycles. The van der Waals surface area contributed by atoms with Crippen LogP contribution in [0.15, 0.2) is 0 Å². The minimum absolute atomic E-state index is 0.676. The number of rotatable bonds is 5. The Labute approximate surface area is 117 Å². The lowest BCUT2D eigenvalue weighted by Crippen LogP contribution is -2.41. The van der Waals surface area contributed by atoms with Crippen molar-refractivity contribution in [2.45, 2.75) is 64.2 Å². The highest BCUT2D eigenvalue weighted by Gasteiger charge is 2.35. The molecular weight excluding hydrogens is 240 g/mol. The first-order valence-corrected chi connectivity index (χ1v) is 8.12. The fourth-order valence-corrected chi connectivity index (χ4v) is 3.83. The second kappa shape index (κ2) is 6.85. The topological polar surface area (TPSA) is 29.3 Å². The fourth-order valence-electron chi connectivity index (χ4n) is 3.69. The van der Waals surface area contributed by atoms with Crippen molar-refractivity contribution >= 4 is 17.2 Å². The molecule has 0 aromatic rings. The van der Waals surface area contributed by atoms with Gasteiger partial charge in [-0.3, -0.25) is 0 Å². The van der Waals surface area contributed by atoms with Crippen LogP contribution in [0.25, 0.3) is 0 Å². The van der Waals surface area contributed by atoms with Gasteiger partial charge in [0.25, 0.3) is 0 Å². The van der Waals surface area contributed by atoms with Crippen LogP contribution < -0.4 is 5.73 Å². The van der Waals surface area contributed by atoms with E-state index in [4.69, 9.17) is 18.0 Å². The lowest BCUT2D eigenvalue weighted by molar-refractivity contribution is 0.0671. The quantitative estimate of drug-likeness (QED) is 0.611. The lowest BCUT2D eigenvalue weighted by Gasteiger charge is -2.44. The van der Waals surface area contributed by atoms with E-state index in [1.807, 2.05) is 0 Å². The largest absolute Gasteiger partial charge is 0.393 e. The van der Waals surface area contributed by atoms with Crippen molar-refractivity contribution in [2.75, 3.05) is 19.6 Å². The third-order valence-electron chi connectivity index (χ3n) is 4.98. The van der Waals surface area contributed by atoms with Crippen LogP contribution in [-0.4, -0.2) is 29.5 Å². The van der Waals surface area contributed by atoms with Gasteiger partial charge in [-0.25, -0.2) is 0 Å². The van der Waals surface area contributed by atoms with Crippen LogP contribution in [-0.2, 0) is 0 Å². The average Bonchev–Trinajstić information content (AvgIpc) is 2.38. The molecule has 2 N–H and O–H groups in total. The molecule has 18 heavy (non-hydrogen) atoms. The molecule has 1 aliphatic heterocycles. The van der Waals surface area contributed by atoms with Crippen LogP contribution in [0.4, 0.5) is 0 Å². The van der Waals surface area contributed by atoms with Crippen molar-refractivity contribution in [1.82, 2.24) is 4.90 Å². The van der Waals surface area contributed by atoms with E-state index in [1.165, 1.54) is 71.0 Å². The summed E-state index contributed by atoms with van der Waals surface area (Å²) in [7, 11) is 0. The number of thiocarbonyl (C=S) groups is 1. The molecule has 3 heteroatoms. The van der Waals surface area contributed by atoms with E-state index in [2.05, 4.69) is 4.90 Å². The van der Waals surface area contributed by atoms with Crippen LogP contribution in [0, 0.1) is 5.41 Å². The van der Waals surface area contributed by atoms with Gasteiger partial charge in [0, 0.05) is 0 Å². The highest BCUT2D eigenvalue weighted by atomic mass is 32.1. The van der Waals surface area contributed by atoms with E-state index < -0.39 is 0 Å². The molecule has 0 aromatic heterocycles. The Balaban J connectivity index is 1.62. The number of nitrogens with zero attached hydrogens (tertiary/aromatic N) is 1. The molecule has 0 bridgehead atoms. The molecule has 2 fully saturated rings. The molecule has 0 radical (unpaired) electrons. The molecule has 1 aliphatic carbocycles. The van der Waals surface area contributed by atoms with Crippen molar-refractivity contribution in [3.05, 3.63) is 0 Å². The maximum absolute atomic E-state index is 5.52. The molecule has 0 unspecified atom stereocenters. The third-order valence-corrected chi connectivity index (χ3v) is 5.18. The van der Waals surface area contributed by atoms with Crippen LogP contribution in [0.2, 0.25) is 0 Å². The zero-order valence-corrected chi connectivity index (χ0v) is 12.4. The maximum atomic E-state index is 5.52. The zero-order chi connectivity index (χ0) is 12.8. The number of likely N-dealkylation sites (tertiary alicyclic amines) is 1. The molecular formula is C15H28N2S. The molecule has 2 aliphatic rings. The average molecular weight is 268 g/mol. The van der Waals surface area contributed by atoms with Gasteiger partial charge in [-0.15, -0.1) is 0 Å². The molecule has 1 heterocycles. The fraction of sp³-hybridized carbons (Fsp3) is 0.933. The molecule has 1 saturated heterocycles. The van der Waals surface area contributed by atoms with E-state index in [9.17, 15) is 0 Å². The van der Waals surface area contributed by atoms with Gasteiger partial charge in [0.15, 0.2) is 0 Å². The van der Waals surface area contributed by atoms with Gasteiger partial charge in [0.1, 0.15) is 0 Å². The summed E-state index contributed by atoms with van der Waals surface area (Å²) in [5.74, 6) is 0. The van der Waals surface area contributed by atoms with Crippen molar-refractivity contribution in [3.63, 3.8) is 0 Å². The predicted octanol–water partition coefficient (Wildman–Crippen LogP) is 3.49. The zero-order valence-electron chi connectivity index (χ0n) is 11.6. The first kappa shape index (κ1) is 14.3. The summed E-state index contributed by atoms with van der Waals surface area (Å²) in [5, 5.41) is 0. The van der Waals surface area contributed by atoms with E-state index in [0.717, 1.165) is 18.3 Å². The number of piperidine rings is 1. The molecule has 0 amide bonds. The minimum Gasteiger partial charge on any atom is -0.393 e. The van der Waals surface area contributed by atoms with Crippen LogP contribution in [0.5, 0.6) is 0 Å². The summed E-state index contributed by atoms with van der Waals surface area (Å²) in [6.07, 6.45) is 13.7. The number of nitrogens with two attached hydrogens (primary N) is 1. The van der Waals surface area contributed by atoms with E-state index >= 15 is 0 Å². The number of unbranched alkanes of at least 4 members (excludes halogenated alkanes) is 1. The first-order valence-electron chi connectivity index (χ1n) is 7.71. The Morgan fingerprint density at radius 2 is 1.67 bits per heavy atom. The summed E-state index contributed by atoms with van der Waals surface area (Å²) in [6.45, 7) is 3.90. The van der Waals surface area contributed by atoms with Crippen molar-refractivity contribution in [3.8, 4) is 0 Å². The third kappa shape index (κ3) is 4.20. The summed E-state index contributed by atoms with van der Waals surface area (Å²) in [6, 6.07) is 0. The second-order valence-electron chi connectivity index (χ2n) is 6.33. The summed E-state index contributed by atoms with van der Waals surface area (Å²) in [4.78, 5) is 3.33. The first-order chi connectivity index (χ1) is 8.70. The maximum Gasteiger partial charge on any atom is 0.0727 e. The van der Waals surface area contributed by atoms with Gasteiger partial charge in [-0.2, -0.15) is 0 Å². The molecule has 2 nitrogen and oxygen atoms in total. The van der Waals surface area contributed by atoms with Crippen molar-refractivity contribution in [1.29, 1.82) is 0 Å². The molecule has 1 spiro atoms.